The van der Waals surface area contributed by atoms with E-state index in [2.05, 4.69) is 41.6 Å². The minimum Gasteiger partial charge on any atom is -0.327 e. The van der Waals surface area contributed by atoms with Gasteiger partial charge in [-0.2, -0.15) is 0 Å². The number of fused-ring (bicyclic) bond motifs is 1. The number of hydrogen-bond donors (Lipinski definition) is 1. The Morgan fingerprint density at radius 3 is 2.92 bits per heavy atom. The zero-order valence-electron chi connectivity index (χ0n) is 7.81. The van der Waals surface area contributed by atoms with E-state index in [4.69, 9.17) is 5.73 Å². The Kier molecular flexibility index (Phi) is 2.60. The normalized spacial score (nSPS) is 21.3. The summed E-state index contributed by atoms with van der Waals surface area (Å²) in [6.45, 7) is 2.17. The summed E-state index contributed by atoms with van der Waals surface area (Å²) < 4.78 is 1.38. The molecular weight excluding hydrogens is 273 g/mol. The van der Waals surface area contributed by atoms with E-state index in [0.29, 0.717) is 6.04 Å². The molecule has 0 spiro atoms. The SMILES string of the molecule is Cc1cc2c(cc1I)CCC(N)C2. The maximum absolute atomic E-state index is 5.94. The molecule has 1 atom stereocenters. The lowest BCUT2D eigenvalue weighted by Crippen LogP contribution is -2.27. The highest BCUT2D eigenvalue weighted by Crippen LogP contribution is 2.24. The lowest BCUT2D eigenvalue weighted by molar-refractivity contribution is 0.576. The molecule has 0 aromatic heterocycles. The van der Waals surface area contributed by atoms with Crippen LogP contribution >= 0.6 is 22.6 Å². The van der Waals surface area contributed by atoms with E-state index in [0.717, 1.165) is 19.3 Å². The van der Waals surface area contributed by atoms with Gasteiger partial charge in [-0.05, 0) is 71.5 Å². The average molecular weight is 287 g/mol. The van der Waals surface area contributed by atoms with Gasteiger partial charge in [-0.3, -0.25) is 0 Å². The summed E-state index contributed by atoms with van der Waals surface area (Å²) in [5, 5.41) is 0. The molecule has 0 aliphatic heterocycles. The Labute approximate surface area is 92.9 Å². The highest BCUT2D eigenvalue weighted by atomic mass is 127. The van der Waals surface area contributed by atoms with Crippen LogP contribution in [0.2, 0.25) is 0 Å². The number of benzene rings is 1. The van der Waals surface area contributed by atoms with E-state index in [9.17, 15) is 0 Å². The van der Waals surface area contributed by atoms with Crippen LogP contribution in [0.1, 0.15) is 23.1 Å². The summed E-state index contributed by atoms with van der Waals surface area (Å²) in [6, 6.07) is 5.00. The molecule has 1 nitrogen and oxygen atoms in total. The van der Waals surface area contributed by atoms with Gasteiger partial charge in [0.25, 0.3) is 0 Å². The van der Waals surface area contributed by atoms with Crippen molar-refractivity contribution in [3.05, 3.63) is 32.4 Å². The lowest BCUT2D eigenvalue weighted by Gasteiger charge is -2.22. The third-order valence-electron chi connectivity index (χ3n) is 2.75. The monoisotopic (exact) mass is 287 g/mol. The maximum atomic E-state index is 5.94. The van der Waals surface area contributed by atoms with Gasteiger partial charge < -0.3 is 5.73 Å². The number of halogens is 1. The molecule has 70 valence electrons. The predicted octanol–water partition coefficient (Wildman–Crippen LogP) is 2.42. The van der Waals surface area contributed by atoms with Crippen molar-refractivity contribution in [2.45, 2.75) is 32.2 Å². The van der Waals surface area contributed by atoms with E-state index in [1.807, 2.05) is 0 Å². The van der Waals surface area contributed by atoms with Crippen LogP contribution < -0.4 is 5.73 Å². The quantitative estimate of drug-likeness (QED) is 0.729. The topological polar surface area (TPSA) is 26.0 Å². The average Bonchev–Trinajstić information content (AvgIpc) is 2.08. The van der Waals surface area contributed by atoms with Gasteiger partial charge in [0.15, 0.2) is 0 Å². The Morgan fingerprint density at radius 1 is 1.38 bits per heavy atom. The third kappa shape index (κ3) is 1.89. The Morgan fingerprint density at radius 2 is 2.15 bits per heavy atom. The Bertz CT molecular complexity index is 333. The number of rotatable bonds is 0. The first-order valence-electron chi connectivity index (χ1n) is 4.70. The van der Waals surface area contributed by atoms with Crippen LogP contribution in [-0.2, 0) is 12.8 Å². The van der Waals surface area contributed by atoms with Gasteiger partial charge in [0.2, 0.25) is 0 Å². The summed E-state index contributed by atoms with van der Waals surface area (Å²) in [4.78, 5) is 0. The zero-order chi connectivity index (χ0) is 9.42. The van der Waals surface area contributed by atoms with Gasteiger partial charge >= 0.3 is 0 Å². The fraction of sp³-hybridized carbons (Fsp3) is 0.455. The second kappa shape index (κ2) is 3.58. The minimum absolute atomic E-state index is 0.381. The van der Waals surface area contributed by atoms with Crippen LogP contribution in [0.4, 0.5) is 0 Å². The summed E-state index contributed by atoms with van der Waals surface area (Å²) in [6.07, 6.45) is 3.37. The van der Waals surface area contributed by atoms with E-state index in [-0.39, 0.29) is 0 Å². The van der Waals surface area contributed by atoms with Crippen molar-refractivity contribution in [1.82, 2.24) is 0 Å². The highest BCUT2D eigenvalue weighted by Gasteiger charge is 2.15. The zero-order valence-corrected chi connectivity index (χ0v) is 9.97. The summed E-state index contributed by atoms with van der Waals surface area (Å²) >= 11 is 2.40. The first-order chi connectivity index (χ1) is 6.16. The largest absolute Gasteiger partial charge is 0.327 e. The minimum atomic E-state index is 0.381. The van der Waals surface area contributed by atoms with Crippen LogP contribution in [-0.4, -0.2) is 6.04 Å². The van der Waals surface area contributed by atoms with E-state index < -0.39 is 0 Å². The van der Waals surface area contributed by atoms with Crippen LogP contribution in [0.5, 0.6) is 0 Å². The molecule has 1 aliphatic carbocycles. The van der Waals surface area contributed by atoms with Crippen molar-refractivity contribution < 1.29 is 0 Å². The summed E-state index contributed by atoms with van der Waals surface area (Å²) in [5.41, 5.74) is 10.3. The molecule has 1 aromatic rings. The standard InChI is InChI=1S/C11H14IN/c1-7-4-9-5-10(13)3-2-8(9)6-11(7)12/h4,6,10H,2-3,5,13H2,1H3. The molecular formula is C11H14IN. The molecule has 2 N–H and O–H groups in total. The Hall–Kier alpha value is -0.0900. The Balaban J connectivity index is 2.43. The van der Waals surface area contributed by atoms with Gasteiger partial charge in [-0.15, -0.1) is 0 Å². The molecule has 0 bridgehead atoms. The van der Waals surface area contributed by atoms with Crippen LogP contribution in [0, 0.1) is 10.5 Å². The van der Waals surface area contributed by atoms with Gasteiger partial charge in [-0.25, -0.2) is 0 Å². The van der Waals surface area contributed by atoms with Crippen LogP contribution in [0.25, 0.3) is 0 Å². The highest BCUT2D eigenvalue weighted by molar-refractivity contribution is 14.1. The van der Waals surface area contributed by atoms with Crippen molar-refractivity contribution in [2.24, 2.45) is 5.73 Å². The number of hydrogen-bond acceptors (Lipinski definition) is 1. The molecule has 1 aliphatic rings. The van der Waals surface area contributed by atoms with Gasteiger partial charge in [0, 0.05) is 9.61 Å². The van der Waals surface area contributed by atoms with E-state index in [1.54, 1.807) is 0 Å². The van der Waals surface area contributed by atoms with Crippen molar-refractivity contribution >= 4 is 22.6 Å². The van der Waals surface area contributed by atoms with Gasteiger partial charge in [0.05, 0.1) is 0 Å². The molecule has 1 aromatic carbocycles. The molecule has 2 rings (SSSR count). The second-order valence-corrected chi connectivity index (χ2v) is 5.04. The van der Waals surface area contributed by atoms with Crippen molar-refractivity contribution in [1.29, 1.82) is 0 Å². The first kappa shape index (κ1) is 9.46. The molecule has 0 amide bonds. The fourth-order valence-electron chi connectivity index (χ4n) is 1.93. The second-order valence-electron chi connectivity index (χ2n) is 3.87. The molecule has 0 saturated carbocycles. The maximum Gasteiger partial charge on any atom is 0.0162 e. The predicted molar refractivity (Wildman–Crippen MR) is 63.9 cm³/mol. The van der Waals surface area contributed by atoms with Crippen molar-refractivity contribution in [3.8, 4) is 0 Å². The van der Waals surface area contributed by atoms with E-state index in [1.165, 1.54) is 20.3 Å². The molecule has 0 heterocycles. The smallest absolute Gasteiger partial charge is 0.0162 e. The molecule has 0 fully saturated rings. The van der Waals surface area contributed by atoms with Crippen molar-refractivity contribution in [2.75, 3.05) is 0 Å². The molecule has 1 unspecified atom stereocenters. The summed E-state index contributed by atoms with van der Waals surface area (Å²) in [7, 11) is 0. The first-order valence-corrected chi connectivity index (χ1v) is 5.78. The molecule has 2 heteroatoms. The number of nitrogens with two attached hydrogens (primary N) is 1. The van der Waals surface area contributed by atoms with Crippen molar-refractivity contribution in [3.63, 3.8) is 0 Å². The molecule has 0 saturated heterocycles. The molecule has 13 heavy (non-hydrogen) atoms. The lowest BCUT2D eigenvalue weighted by atomic mass is 9.88. The fourth-order valence-corrected chi connectivity index (χ4v) is 2.46. The summed E-state index contributed by atoms with van der Waals surface area (Å²) in [5.74, 6) is 0. The van der Waals surface area contributed by atoms with E-state index >= 15 is 0 Å². The van der Waals surface area contributed by atoms with Crippen LogP contribution in [0.15, 0.2) is 12.1 Å². The van der Waals surface area contributed by atoms with Gasteiger partial charge in [-0.1, -0.05) is 6.07 Å². The third-order valence-corrected chi connectivity index (χ3v) is 3.91. The number of aryl methyl sites for hydroxylation is 2. The van der Waals surface area contributed by atoms with Gasteiger partial charge in [0.1, 0.15) is 0 Å². The molecule has 0 radical (unpaired) electrons. The van der Waals surface area contributed by atoms with Crippen LogP contribution in [0.3, 0.4) is 0 Å².